The van der Waals surface area contributed by atoms with Crippen molar-refractivity contribution in [2.24, 2.45) is 11.8 Å². The molecule has 0 bridgehead atoms. The summed E-state index contributed by atoms with van der Waals surface area (Å²) in [5.74, 6) is 1.58. The van der Waals surface area contributed by atoms with E-state index in [9.17, 15) is 8.78 Å². The van der Waals surface area contributed by atoms with Crippen molar-refractivity contribution in [2.75, 3.05) is 32.0 Å². The predicted molar refractivity (Wildman–Crippen MR) is 107 cm³/mol. The summed E-state index contributed by atoms with van der Waals surface area (Å²) in [4.78, 5) is 6.58. The van der Waals surface area contributed by atoms with Crippen LogP contribution in [0.25, 0.3) is 11.3 Å². The molecule has 9 heteroatoms. The second-order valence-corrected chi connectivity index (χ2v) is 9.01. The molecule has 3 aliphatic rings. The van der Waals surface area contributed by atoms with Gasteiger partial charge in [-0.2, -0.15) is 13.9 Å². The van der Waals surface area contributed by atoms with Crippen molar-refractivity contribution in [1.29, 1.82) is 0 Å². The first-order valence-corrected chi connectivity index (χ1v) is 10.4. The van der Waals surface area contributed by atoms with Crippen molar-refractivity contribution in [1.82, 2.24) is 19.7 Å². The number of likely N-dealkylation sites (tertiary alicyclic amines) is 1. The minimum atomic E-state index is -3.33. The molecule has 0 amide bonds. The van der Waals surface area contributed by atoms with Gasteiger partial charge in [-0.15, -0.1) is 0 Å². The molecule has 5 rings (SSSR count). The summed E-state index contributed by atoms with van der Waals surface area (Å²) in [7, 11) is 0. The van der Waals surface area contributed by atoms with Crippen molar-refractivity contribution in [3.8, 4) is 17.0 Å². The van der Waals surface area contributed by atoms with Crippen LogP contribution in [-0.4, -0.2) is 58.1 Å². The van der Waals surface area contributed by atoms with Gasteiger partial charge in [-0.25, -0.2) is 4.98 Å². The summed E-state index contributed by atoms with van der Waals surface area (Å²) in [5, 5.41) is 4.78. The molecule has 0 spiro atoms. The molecule has 30 heavy (non-hydrogen) atoms. The fourth-order valence-electron chi connectivity index (χ4n) is 4.81. The third kappa shape index (κ3) is 3.43. The lowest BCUT2D eigenvalue weighted by Crippen LogP contribution is -2.48. The molecule has 2 saturated heterocycles. The van der Waals surface area contributed by atoms with Gasteiger partial charge in [0.2, 0.25) is 0 Å². The van der Waals surface area contributed by atoms with E-state index < -0.39 is 6.11 Å². The number of fused-ring (bicyclic) bond motifs is 1. The molecule has 1 unspecified atom stereocenters. The zero-order chi connectivity index (χ0) is 21.2. The van der Waals surface area contributed by atoms with Crippen molar-refractivity contribution in [2.45, 2.75) is 44.9 Å². The summed E-state index contributed by atoms with van der Waals surface area (Å²) in [6.45, 7) is 8.79. The highest BCUT2D eigenvalue weighted by Crippen LogP contribution is 2.59. The maximum Gasteiger partial charge on any atom is 0.395 e. The Morgan fingerprint density at radius 2 is 1.93 bits per heavy atom. The number of piperidine rings is 1. The van der Waals surface area contributed by atoms with Gasteiger partial charge in [0.15, 0.2) is 11.6 Å². The second kappa shape index (κ2) is 6.88. The van der Waals surface area contributed by atoms with Crippen molar-refractivity contribution in [3.05, 3.63) is 24.0 Å². The van der Waals surface area contributed by atoms with Crippen molar-refractivity contribution < 1.29 is 18.3 Å². The van der Waals surface area contributed by atoms with E-state index in [1.165, 1.54) is 11.8 Å². The first kappa shape index (κ1) is 19.7. The van der Waals surface area contributed by atoms with E-state index in [4.69, 9.17) is 15.6 Å². The zero-order valence-electron chi connectivity index (χ0n) is 17.4. The highest BCUT2D eigenvalue weighted by molar-refractivity contribution is 5.64. The fourth-order valence-corrected chi connectivity index (χ4v) is 4.81. The number of alkyl halides is 2. The number of rotatable bonds is 6. The van der Waals surface area contributed by atoms with Gasteiger partial charge in [-0.05, 0) is 37.8 Å². The topological polar surface area (TPSA) is 78.4 Å². The quantitative estimate of drug-likeness (QED) is 0.775. The molecule has 2 aromatic heterocycles. The molecule has 162 valence electrons. The van der Waals surface area contributed by atoms with Crippen molar-refractivity contribution >= 4 is 5.82 Å². The van der Waals surface area contributed by atoms with Crippen LogP contribution in [-0.2, 0) is 4.74 Å². The molecule has 7 nitrogen and oxygen atoms in total. The molecule has 2 N–H and O–H groups in total. The number of pyridine rings is 1. The van der Waals surface area contributed by atoms with Gasteiger partial charge in [0, 0.05) is 49.4 Å². The summed E-state index contributed by atoms with van der Waals surface area (Å²) >= 11 is 0. The van der Waals surface area contributed by atoms with E-state index in [1.54, 1.807) is 6.20 Å². The summed E-state index contributed by atoms with van der Waals surface area (Å²) in [5.41, 5.74) is 8.24. The minimum absolute atomic E-state index is 0.0689. The van der Waals surface area contributed by atoms with Crippen LogP contribution in [0.3, 0.4) is 0 Å². The first-order valence-electron chi connectivity index (χ1n) is 10.4. The van der Waals surface area contributed by atoms with Gasteiger partial charge in [0.25, 0.3) is 0 Å². The Morgan fingerprint density at radius 1 is 1.23 bits per heavy atom. The Morgan fingerprint density at radius 3 is 2.50 bits per heavy atom. The summed E-state index contributed by atoms with van der Waals surface area (Å²) in [6.07, 6.45) is -1.78. The number of nitrogens with zero attached hydrogens (tertiary/aromatic N) is 4. The molecule has 0 radical (unpaired) electrons. The third-order valence-corrected chi connectivity index (χ3v) is 6.42. The van der Waals surface area contributed by atoms with Crippen LogP contribution in [0, 0.1) is 11.8 Å². The number of ether oxygens (including phenoxy) is 2. The smallest absolute Gasteiger partial charge is 0.395 e. The van der Waals surface area contributed by atoms with E-state index >= 15 is 0 Å². The maximum absolute atomic E-state index is 13.3. The molecule has 3 fully saturated rings. The van der Waals surface area contributed by atoms with Crippen molar-refractivity contribution in [3.63, 3.8) is 0 Å². The number of nitrogen functional groups attached to an aromatic ring is 1. The lowest BCUT2D eigenvalue weighted by atomic mass is 10.1. The number of nitrogens with two attached hydrogens (primary N) is 1. The minimum Gasteiger partial charge on any atom is -0.429 e. The van der Waals surface area contributed by atoms with Gasteiger partial charge in [0.05, 0.1) is 24.9 Å². The highest BCUT2D eigenvalue weighted by atomic mass is 19.3. The Balaban J connectivity index is 1.40. The largest absolute Gasteiger partial charge is 0.429 e. The lowest BCUT2D eigenvalue weighted by molar-refractivity contribution is -0.158. The number of halogens is 2. The lowest BCUT2D eigenvalue weighted by Gasteiger charge is -2.35. The molecule has 3 atom stereocenters. The molecular formula is C21H27F2N5O2. The van der Waals surface area contributed by atoms with Crippen LogP contribution in [0.1, 0.15) is 38.4 Å². The number of anilines is 1. The van der Waals surface area contributed by atoms with Gasteiger partial charge >= 0.3 is 6.11 Å². The molecular weight excluding hydrogens is 392 g/mol. The van der Waals surface area contributed by atoms with E-state index in [2.05, 4.69) is 39.2 Å². The van der Waals surface area contributed by atoms with E-state index in [1.807, 2.05) is 0 Å². The SMILES string of the molecule is CC(C)n1nc(-c2cnc(N)c(OC(C)(F)F)c2)cc1[C@H]1C2CN(C3COC3)C[C@@H]21. The average molecular weight is 419 g/mol. The third-order valence-electron chi connectivity index (χ3n) is 6.42. The van der Waals surface area contributed by atoms with E-state index in [0.29, 0.717) is 42.0 Å². The molecule has 0 aromatic carbocycles. The van der Waals surface area contributed by atoms with E-state index in [-0.39, 0.29) is 17.6 Å². The standard InChI is InChI=1S/C21H27F2N5O2/c1-11(2)28-17(19-14-7-27(8-15(14)19)13-9-29-10-13)5-16(26-28)12-4-18(20(24)25-6-12)30-21(3,22)23/h4-6,11,13-15,19H,7-10H2,1-3H3,(H2,24,25)/t14-,15?,19+/m0/s1. The van der Waals surface area contributed by atoms with Gasteiger partial charge in [-0.3, -0.25) is 9.58 Å². The van der Waals surface area contributed by atoms with Gasteiger partial charge < -0.3 is 15.2 Å². The van der Waals surface area contributed by atoms with Crippen LogP contribution >= 0.6 is 0 Å². The zero-order valence-corrected chi connectivity index (χ0v) is 17.4. The van der Waals surface area contributed by atoms with Gasteiger partial charge in [-0.1, -0.05) is 0 Å². The molecule has 1 aliphatic carbocycles. The number of hydrogen-bond acceptors (Lipinski definition) is 6. The Kier molecular flexibility index (Phi) is 4.52. The monoisotopic (exact) mass is 419 g/mol. The highest BCUT2D eigenvalue weighted by Gasteiger charge is 2.58. The maximum atomic E-state index is 13.3. The fraction of sp³-hybridized carbons (Fsp3) is 0.619. The predicted octanol–water partition coefficient (Wildman–Crippen LogP) is 3.14. The van der Waals surface area contributed by atoms with Gasteiger partial charge in [0.1, 0.15) is 0 Å². The molecule has 1 saturated carbocycles. The Hall–Kier alpha value is -2.26. The average Bonchev–Trinajstić information content (AvgIpc) is 2.97. The second-order valence-electron chi connectivity index (χ2n) is 9.01. The van der Waals surface area contributed by atoms with Crippen LogP contribution < -0.4 is 10.5 Å². The Labute approximate surface area is 174 Å². The molecule has 2 aromatic rings. The first-order chi connectivity index (χ1) is 14.2. The van der Waals surface area contributed by atoms with E-state index in [0.717, 1.165) is 26.3 Å². The number of hydrogen-bond donors (Lipinski definition) is 1. The molecule has 4 heterocycles. The summed E-state index contributed by atoms with van der Waals surface area (Å²) < 4.78 is 38.7. The van der Waals surface area contributed by atoms with Crippen LogP contribution in [0.2, 0.25) is 0 Å². The molecule has 2 aliphatic heterocycles. The van der Waals surface area contributed by atoms with Crippen LogP contribution in [0.15, 0.2) is 18.3 Å². The van der Waals surface area contributed by atoms with Crippen LogP contribution in [0.4, 0.5) is 14.6 Å². The Bertz CT molecular complexity index is 941. The normalized spacial score (nSPS) is 26.7. The number of aromatic nitrogens is 3. The summed E-state index contributed by atoms with van der Waals surface area (Å²) in [6, 6.07) is 4.34. The van der Waals surface area contributed by atoms with Crippen LogP contribution in [0.5, 0.6) is 5.75 Å².